The molecule has 0 aliphatic carbocycles. The number of hydrogen-bond donors (Lipinski definition) is 2. The lowest BCUT2D eigenvalue weighted by Crippen LogP contribution is -2.08. The van der Waals surface area contributed by atoms with Gasteiger partial charge in [-0.15, -0.1) is 11.8 Å². The molecule has 0 atom stereocenters. The molecule has 0 bridgehead atoms. The quantitative estimate of drug-likeness (QED) is 0.623. The zero-order valence-corrected chi connectivity index (χ0v) is 13.6. The second-order valence-corrected chi connectivity index (χ2v) is 6.20. The number of aromatic carboxylic acids is 1. The van der Waals surface area contributed by atoms with Gasteiger partial charge in [-0.3, -0.25) is 0 Å². The summed E-state index contributed by atoms with van der Waals surface area (Å²) >= 11 is 4.57. The fourth-order valence-electron chi connectivity index (χ4n) is 1.77. The maximum Gasteiger partial charge on any atom is 0.340 e. The highest BCUT2D eigenvalue weighted by Gasteiger charge is 2.18. The average Bonchev–Trinajstić information content (AvgIpc) is 2.44. The summed E-state index contributed by atoms with van der Waals surface area (Å²) in [4.78, 5) is 20.0. The van der Waals surface area contributed by atoms with Crippen molar-refractivity contribution in [3.05, 3.63) is 40.0 Å². The highest BCUT2D eigenvalue weighted by molar-refractivity contribution is 9.10. The van der Waals surface area contributed by atoms with Crippen LogP contribution in [0.15, 0.2) is 33.8 Å². The molecule has 2 aromatic rings. The SMILES string of the molecule is Cc1nc(-c2ccc(Br)cc2)nc(SCCO)c1C(=O)O. The molecule has 0 unspecified atom stereocenters. The minimum absolute atomic E-state index is 0.0413. The second kappa shape index (κ2) is 7.02. The number of benzene rings is 1. The van der Waals surface area contributed by atoms with Gasteiger partial charge < -0.3 is 10.2 Å². The Kier molecular flexibility index (Phi) is 5.33. The first kappa shape index (κ1) is 15.9. The van der Waals surface area contributed by atoms with Gasteiger partial charge in [0.15, 0.2) is 5.82 Å². The first-order valence-electron chi connectivity index (χ1n) is 6.14. The number of carbonyl (C=O) groups is 1. The topological polar surface area (TPSA) is 83.3 Å². The van der Waals surface area contributed by atoms with Crippen LogP contribution in [0.3, 0.4) is 0 Å². The zero-order valence-electron chi connectivity index (χ0n) is 11.2. The average molecular weight is 369 g/mol. The molecule has 2 N–H and O–H groups in total. The van der Waals surface area contributed by atoms with Crippen LogP contribution >= 0.6 is 27.7 Å². The van der Waals surface area contributed by atoms with Crippen LogP contribution in [0, 0.1) is 6.92 Å². The van der Waals surface area contributed by atoms with Gasteiger partial charge in [0.1, 0.15) is 10.6 Å². The van der Waals surface area contributed by atoms with Crippen molar-refractivity contribution in [3.8, 4) is 11.4 Å². The Morgan fingerprint density at radius 3 is 2.52 bits per heavy atom. The highest BCUT2D eigenvalue weighted by atomic mass is 79.9. The third kappa shape index (κ3) is 3.81. The second-order valence-electron chi connectivity index (χ2n) is 4.20. The molecule has 21 heavy (non-hydrogen) atoms. The molecule has 0 fully saturated rings. The van der Waals surface area contributed by atoms with E-state index in [4.69, 9.17) is 5.11 Å². The molecular formula is C14H13BrN2O3S. The van der Waals surface area contributed by atoms with Gasteiger partial charge in [-0.2, -0.15) is 0 Å². The standard InChI is InChI=1S/C14H13BrN2O3S/c1-8-11(14(19)20)13(21-7-6-18)17-12(16-8)9-2-4-10(15)5-3-9/h2-5,18H,6-7H2,1H3,(H,19,20). The summed E-state index contributed by atoms with van der Waals surface area (Å²) in [6.45, 7) is 1.61. The van der Waals surface area contributed by atoms with Gasteiger partial charge in [0.25, 0.3) is 0 Å². The summed E-state index contributed by atoms with van der Waals surface area (Å²) in [7, 11) is 0. The van der Waals surface area contributed by atoms with Gasteiger partial charge in [0.05, 0.1) is 12.3 Å². The molecule has 0 saturated heterocycles. The number of carboxylic acids is 1. The molecule has 1 aromatic carbocycles. The number of hydrogen-bond acceptors (Lipinski definition) is 5. The molecule has 0 amide bonds. The molecule has 0 aliphatic heterocycles. The molecule has 5 nitrogen and oxygen atoms in total. The van der Waals surface area contributed by atoms with Gasteiger partial charge in [0.2, 0.25) is 0 Å². The first-order chi connectivity index (χ1) is 10.0. The largest absolute Gasteiger partial charge is 0.478 e. The number of aliphatic hydroxyl groups excluding tert-OH is 1. The van der Waals surface area contributed by atoms with Crippen LogP contribution in [-0.4, -0.2) is 38.5 Å². The molecule has 1 heterocycles. The van der Waals surface area contributed by atoms with E-state index in [1.165, 1.54) is 11.8 Å². The number of aliphatic hydroxyl groups is 1. The van der Waals surface area contributed by atoms with E-state index in [0.717, 1.165) is 10.0 Å². The molecular weight excluding hydrogens is 356 g/mol. The van der Waals surface area contributed by atoms with Crippen LogP contribution in [0.25, 0.3) is 11.4 Å². The Labute approximate surface area is 134 Å². The summed E-state index contributed by atoms with van der Waals surface area (Å²) in [6.07, 6.45) is 0. The Bertz CT molecular complexity index is 662. The Hall–Kier alpha value is -1.44. The third-order valence-electron chi connectivity index (χ3n) is 2.70. The summed E-state index contributed by atoms with van der Waals surface area (Å²) in [5.74, 6) is -0.197. The lowest BCUT2D eigenvalue weighted by molar-refractivity contribution is 0.0690. The number of thioether (sulfide) groups is 1. The first-order valence-corrected chi connectivity index (χ1v) is 7.92. The van der Waals surface area contributed by atoms with E-state index in [9.17, 15) is 9.90 Å². The Morgan fingerprint density at radius 2 is 1.95 bits per heavy atom. The van der Waals surface area contributed by atoms with Crippen LogP contribution in [0.4, 0.5) is 0 Å². The number of rotatable bonds is 5. The molecule has 0 radical (unpaired) electrons. The van der Waals surface area contributed by atoms with Gasteiger partial charge >= 0.3 is 5.97 Å². The van der Waals surface area contributed by atoms with Crippen LogP contribution in [-0.2, 0) is 0 Å². The van der Waals surface area contributed by atoms with Crippen molar-refractivity contribution in [2.45, 2.75) is 11.9 Å². The van der Waals surface area contributed by atoms with E-state index in [-0.39, 0.29) is 12.2 Å². The van der Waals surface area contributed by atoms with Crippen molar-refractivity contribution in [2.24, 2.45) is 0 Å². The predicted octanol–water partition coefficient (Wildman–Crippen LogP) is 3.00. The van der Waals surface area contributed by atoms with Gasteiger partial charge in [-0.05, 0) is 19.1 Å². The van der Waals surface area contributed by atoms with Crippen LogP contribution in [0.2, 0.25) is 0 Å². The highest BCUT2D eigenvalue weighted by Crippen LogP contribution is 2.26. The number of aryl methyl sites for hydroxylation is 1. The molecule has 7 heteroatoms. The molecule has 1 aromatic heterocycles. The molecule has 0 aliphatic rings. The number of aromatic nitrogens is 2. The fourth-order valence-corrected chi connectivity index (χ4v) is 2.85. The van der Waals surface area contributed by atoms with Gasteiger partial charge in [-0.1, -0.05) is 28.1 Å². The number of carboxylic acid groups (broad SMARTS) is 1. The third-order valence-corrected chi connectivity index (χ3v) is 4.19. The molecule has 110 valence electrons. The lowest BCUT2D eigenvalue weighted by atomic mass is 10.2. The summed E-state index contributed by atoms with van der Waals surface area (Å²) in [5, 5.41) is 18.6. The lowest BCUT2D eigenvalue weighted by Gasteiger charge is -2.10. The van der Waals surface area contributed by atoms with Crippen molar-refractivity contribution in [1.29, 1.82) is 0 Å². The smallest absolute Gasteiger partial charge is 0.340 e. The summed E-state index contributed by atoms with van der Waals surface area (Å²) < 4.78 is 0.944. The molecule has 2 rings (SSSR count). The maximum absolute atomic E-state index is 11.3. The normalized spacial score (nSPS) is 10.6. The van der Waals surface area contributed by atoms with E-state index in [1.54, 1.807) is 6.92 Å². The predicted molar refractivity (Wildman–Crippen MR) is 84.7 cm³/mol. The zero-order chi connectivity index (χ0) is 15.4. The van der Waals surface area contributed by atoms with E-state index in [1.807, 2.05) is 24.3 Å². The summed E-state index contributed by atoms with van der Waals surface area (Å²) in [6, 6.07) is 7.47. The summed E-state index contributed by atoms with van der Waals surface area (Å²) in [5.41, 5.74) is 1.31. The van der Waals surface area contributed by atoms with Crippen molar-refractivity contribution >= 4 is 33.7 Å². The van der Waals surface area contributed by atoms with E-state index >= 15 is 0 Å². The van der Waals surface area contributed by atoms with E-state index in [2.05, 4.69) is 25.9 Å². The van der Waals surface area contributed by atoms with Gasteiger partial charge in [-0.25, -0.2) is 14.8 Å². The monoisotopic (exact) mass is 368 g/mol. The van der Waals surface area contributed by atoms with E-state index < -0.39 is 5.97 Å². The van der Waals surface area contributed by atoms with Gasteiger partial charge in [0, 0.05) is 15.8 Å². The van der Waals surface area contributed by atoms with Crippen molar-refractivity contribution in [1.82, 2.24) is 9.97 Å². The van der Waals surface area contributed by atoms with E-state index in [0.29, 0.717) is 22.3 Å². The van der Waals surface area contributed by atoms with Crippen LogP contribution < -0.4 is 0 Å². The van der Waals surface area contributed by atoms with Crippen molar-refractivity contribution < 1.29 is 15.0 Å². The number of halogens is 1. The fraction of sp³-hybridized carbons (Fsp3) is 0.214. The molecule has 0 spiro atoms. The van der Waals surface area contributed by atoms with Crippen LogP contribution in [0.1, 0.15) is 16.1 Å². The minimum atomic E-state index is -1.06. The maximum atomic E-state index is 11.3. The number of nitrogens with zero attached hydrogens (tertiary/aromatic N) is 2. The van der Waals surface area contributed by atoms with Crippen molar-refractivity contribution in [2.75, 3.05) is 12.4 Å². The minimum Gasteiger partial charge on any atom is -0.478 e. The Morgan fingerprint density at radius 1 is 1.29 bits per heavy atom. The van der Waals surface area contributed by atoms with Crippen molar-refractivity contribution in [3.63, 3.8) is 0 Å². The van der Waals surface area contributed by atoms with Crippen LogP contribution in [0.5, 0.6) is 0 Å². The molecule has 0 saturated carbocycles. The Balaban J connectivity index is 2.51.